The Bertz CT molecular complexity index is 1280. The molecule has 1 N–H and O–H groups in total. The van der Waals surface area contributed by atoms with E-state index in [2.05, 4.69) is 16.0 Å². The van der Waals surface area contributed by atoms with Crippen molar-refractivity contribution >= 4 is 24.0 Å². The summed E-state index contributed by atoms with van der Waals surface area (Å²) in [7, 11) is 0. The predicted octanol–water partition coefficient (Wildman–Crippen LogP) is 3.51. The average Bonchev–Trinajstić information content (AvgIpc) is 3.23. The smallest absolute Gasteiger partial charge is 0.256 e. The molecule has 0 saturated heterocycles. The van der Waals surface area contributed by atoms with Crippen molar-refractivity contribution in [2.45, 2.75) is 12.6 Å². The molecule has 4 rings (SSSR count). The fraction of sp³-hybridized carbons (Fsp3) is 0.0909. The number of hydrogen-bond donors (Lipinski definition) is 1. The van der Waals surface area contributed by atoms with Crippen LogP contribution in [-0.2, 0) is 6.54 Å². The Morgan fingerprint density at radius 3 is 2.55 bits per heavy atom. The van der Waals surface area contributed by atoms with Gasteiger partial charge in [0, 0.05) is 30.6 Å². The minimum atomic E-state index is -0.941. The van der Waals surface area contributed by atoms with Crippen molar-refractivity contribution < 1.29 is 5.11 Å². The van der Waals surface area contributed by atoms with Gasteiger partial charge in [-0.2, -0.15) is 5.26 Å². The van der Waals surface area contributed by atoms with Crippen molar-refractivity contribution in [2.24, 2.45) is 0 Å². The molecule has 0 fully saturated rings. The van der Waals surface area contributed by atoms with Gasteiger partial charge in [-0.15, -0.1) is 12.4 Å². The third-order valence-corrected chi connectivity index (χ3v) is 4.89. The van der Waals surface area contributed by atoms with Crippen LogP contribution >= 0.6 is 24.0 Å². The molecule has 0 radical (unpaired) electrons. The van der Waals surface area contributed by atoms with Gasteiger partial charge in [0.25, 0.3) is 5.56 Å². The van der Waals surface area contributed by atoms with E-state index >= 15 is 0 Å². The maximum Gasteiger partial charge on any atom is 0.256 e. The van der Waals surface area contributed by atoms with Crippen LogP contribution in [0.5, 0.6) is 0 Å². The maximum absolute atomic E-state index is 12.0. The van der Waals surface area contributed by atoms with Gasteiger partial charge in [-0.05, 0) is 29.8 Å². The average molecular weight is 454 g/mol. The van der Waals surface area contributed by atoms with Gasteiger partial charge in [-0.1, -0.05) is 29.8 Å². The van der Waals surface area contributed by atoms with Crippen molar-refractivity contribution in [2.75, 3.05) is 0 Å². The van der Waals surface area contributed by atoms with Gasteiger partial charge in [0.05, 0.1) is 34.9 Å². The van der Waals surface area contributed by atoms with Crippen molar-refractivity contribution in [3.63, 3.8) is 0 Å². The predicted molar refractivity (Wildman–Crippen MR) is 119 cm³/mol. The van der Waals surface area contributed by atoms with Crippen molar-refractivity contribution in [3.05, 3.63) is 111 Å². The van der Waals surface area contributed by atoms with E-state index in [-0.39, 0.29) is 18.0 Å². The quantitative estimate of drug-likeness (QED) is 0.498. The van der Waals surface area contributed by atoms with Gasteiger partial charge in [-0.3, -0.25) is 9.36 Å². The van der Waals surface area contributed by atoms with Crippen molar-refractivity contribution in [1.29, 1.82) is 5.26 Å². The van der Waals surface area contributed by atoms with E-state index in [1.54, 1.807) is 36.8 Å². The Labute approximate surface area is 189 Å². The summed E-state index contributed by atoms with van der Waals surface area (Å²) in [6.45, 7) is 0.502. The number of hydrogen-bond acceptors (Lipinski definition) is 5. The molecule has 156 valence electrons. The van der Waals surface area contributed by atoms with Crippen LogP contribution in [0.25, 0.3) is 5.82 Å². The molecular weight excluding hydrogens is 437 g/mol. The molecule has 0 saturated carbocycles. The van der Waals surface area contributed by atoms with Crippen LogP contribution in [0.1, 0.15) is 28.5 Å². The van der Waals surface area contributed by atoms with Crippen LogP contribution in [0.15, 0.2) is 78.2 Å². The van der Waals surface area contributed by atoms with Crippen LogP contribution in [0.2, 0.25) is 5.02 Å². The van der Waals surface area contributed by atoms with Crippen LogP contribution in [-0.4, -0.2) is 24.2 Å². The minimum absolute atomic E-state index is 0. The Kier molecular flexibility index (Phi) is 6.88. The number of pyridine rings is 2. The van der Waals surface area contributed by atoms with E-state index in [0.29, 0.717) is 34.2 Å². The largest absolute Gasteiger partial charge is 0.382 e. The summed E-state index contributed by atoms with van der Waals surface area (Å²) in [5.41, 5.74) is 2.49. The van der Waals surface area contributed by atoms with Crippen LogP contribution in [0.4, 0.5) is 0 Å². The molecule has 1 aromatic carbocycles. The number of aliphatic hydroxyl groups is 1. The molecule has 1 unspecified atom stereocenters. The highest BCUT2D eigenvalue weighted by Gasteiger charge is 2.16. The molecule has 0 aliphatic carbocycles. The molecule has 0 aliphatic rings. The summed E-state index contributed by atoms with van der Waals surface area (Å²) < 4.78 is 3.18. The summed E-state index contributed by atoms with van der Waals surface area (Å²) in [6, 6.07) is 15.6. The summed E-state index contributed by atoms with van der Waals surface area (Å²) in [4.78, 5) is 20.5. The molecule has 0 aliphatic heterocycles. The molecule has 31 heavy (non-hydrogen) atoms. The summed E-state index contributed by atoms with van der Waals surface area (Å²) >= 11 is 5.96. The first-order valence-electron chi connectivity index (χ1n) is 9.07. The van der Waals surface area contributed by atoms with E-state index in [1.165, 1.54) is 29.1 Å². The van der Waals surface area contributed by atoms with Gasteiger partial charge in [0.15, 0.2) is 0 Å². The molecular formula is C22H17Cl2N5O2. The lowest BCUT2D eigenvalue weighted by atomic mass is 10.1. The zero-order valence-electron chi connectivity index (χ0n) is 16.1. The van der Waals surface area contributed by atoms with E-state index in [1.807, 2.05) is 16.7 Å². The number of nitrogens with zero attached hydrogens (tertiary/aromatic N) is 5. The second-order valence-corrected chi connectivity index (χ2v) is 7.10. The van der Waals surface area contributed by atoms with Crippen molar-refractivity contribution in [3.8, 4) is 11.9 Å². The Balaban J connectivity index is 0.00000272. The normalized spacial score (nSPS) is 11.4. The number of imidazole rings is 1. The van der Waals surface area contributed by atoms with E-state index < -0.39 is 6.10 Å². The third kappa shape index (κ3) is 4.84. The van der Waals surface area contributed by atoms with Crippen LogP contribution in [0, 0.1) is 11.3 Å². The fourth-order valence-electron chi connectivity index (χ4n) is 3.08. The Morgan fingerprint density at radius 2 is 1.87 bits per heavy atom. The molecule has 0 bridgehead atoms. The molecule has 0 spiro atoms. The highest BCUT2D eigenvalue weighted by Crippen LogP contribution is 2.22. The standard InChI is InChI=1S/C22H16ClN5O2.ClH/c23-18-6-8-21(29)28(13-18)20-7-5-17(10-26-20)22(30)19-11-25-14-27(19)12-16-3-1-15(9-24)2-4-16;/h1-8,10-11,13-14,22,30H,12H2;1H. The first kappa shape index (κ1) is 22.2. The second kappa shape index (κ2) is 9.58. The number of benzene rings is 1. The number of rotatable bonds is 5. The highest BCUT2D eigenvalue weighted by atomic mass is 35.5. The van der Waals surface area contributed by atoms with Crippen molar-refractivity contribution in [1.82, 2.24) is 19.1 Å². The van der Waals surface area contributed by atoms with Crippen LogP contribution < -0.4 is 5.56 Å². The fourth-order valence-corrected chi connectivity index (χ4v) is 3.25. The summed E-state index contributed by atoms with van der Waals surface area (Å²) in [6.07, 6.45) is 5.32. The van der Waals surface area contributed by atoms with Gasteiger partial charge in [0.2, 0.25) is 0 Å². The number of aromatic nitrogens is 4. The maximum atomic E-state index is 12.0. The van der Waals surface area contributed by atoms with Gasteiger partial charge in [0.1, 0.15) is 11.9 Å². The number of halogens is 2. The molecule has 9 heteroatoms. The Hall–Kier alpha value is -3.44. The first-order valence-corrected chi connectivity index (χ1v) is 9.44. The molecule has 0 amide bonds. The van der Waals surface area contributed by atoms with Gasteiger partial charge < -0.3 is 9.67 Å². The zero-order chi connectivity index (χ0) is 21.1. The highest BCUT2D eigenvalue weighted by molar-refractivity contribution is 6.30. The monoisotopic (exact) mass is 453 g/mol. The minimum Gasteiger partial charge on any atom is -0.382 e. The lowest BCUT2D eigenvalue weighted by Gasteiger charge is -2.15. The van der Waals surface area contributed by atoms with Crippen LogP contribution in [0.3, 0.4) is 0 Å². The molecule has 1 atom stereocenters. The SMILES string of the molecule is Cl.N#Cc1ccc(Cn2cncc2C(O)c2ccc(-n3cc(Cl)ccc3=O)nc2)cc1. The van der Waals surface area contributed by atoms with E-state index in [4.69, 9.17) is 16.9 Å². The van der Waals surface area contributed by atoms with E-state index in [9.17, 15) is 9.90 Å². The molecule has 3 aromatic heterocycles. The van der Waals surface area contributed by atoms with Gasteiger partial charge >= 0.3 is 0 Å². The molecule has 3 heterocycles. The Morgan fingerprint density at radius 1 is 1.10 bits per heavy atom. The summed E-state index contributed by atoms with van der Waals surface area (Å²) in [5.74, 6) is 0.407. The third-order valence-electron chi connectivity index (χ3n) is 4.67. The second-order valence-electron chi connectivity index (χ2n) is 6.66. The lowest BCUT2D eigenvalue weighted by Crippen LogP contribution is -2.17. The zero-order valence-corrected chi connectivity index (χ0v) is 17.7. The molecule has 4 aromatic rings. The summed E-state index contributed by atoms with van der Waals surface area (Å²) in [5, 5.41) is 20.2. The first-order chi connectivity index (χ1) is 14.5. The number of aliphatic hydroxyl groups excluding tert-OH is 1. The number of nitriles is 1. The topological polar surface area (TPSA) is 96.7 Å². The lowest BCUT2D eigenvalue weighted by molar-refractivity contribution is 0.210. The molecule has 7 nitrogen and oxygen atoms in total. The van der Waals surface area contributed by atoms with Gasteiger partial charge in [-0.25, -0.2) is 9.97 Å². The van der Waals surface area contributed by atoms with E-state index in [0.717, 1.165) is 5.56 Å².